The van der Waals surface area contributed by atoms with Gasteiger partial charge in [0.05, 0.1) is 28.3 Å². The predicted molar refractivity (Wildman–Crippen MR) is 154 cm³/mol. The van der Waals surface area contributed by atoms with E-state index in [2.05, 4.69) is 18.7 Å². The summed E-state index contributed by atoms with van der Waals surface area (Å²) in [5.41, 5.74) is 1.26. The van der Waals surface area contributed by atoms with E-state index in [0.29, 0.717) is 18.0 Å². The molecular formula is C29H41NO6S2. The second-order valence-corrected chi connectivity index (χ2v) is 12.7. The van der Waals surface area contributed by atoms with Crippen LogP contribution in [-0.2, 0) is 24.1 Å². The molecule has 0 bridgehead atoms. The van der Waals surface area contributed by atoms with E-state index in [1.54, 1.807) is 6.07 Å². The molecule has 210 valence electrons. The molecule has 9 heteroatoms. The van der Waals surface area contributed by atoms with Gasteiger partial charge in [-0.05, 0) is 37.3 Å². The van der Waals surface area contributed by atoms with Crippen LogP contribution in [0.15, 0.2) is 52.3 Å². The molecule has 1 heterocycles. The lowest BCUT2D eigenvalue weighted by Crippen LogP contribution is -2.38. The second-order valence-electron chi connectivity index (χ2n) is 9.92. The number of thioether (sulfide) groups is 1. The molecule has 0 spiro atoms. The Labute approximate surface area is 232 Å². The molecule has 7 nitrogen and oxygen atoms in total. The van der Waals surface area contributed by atoms with Crippen molar-refractivity contribution in [3.63, 3.8) is 0 Å². The largest absolute Gasteiger partial charge is 0.489 e. The highest BCUT2D eigenvalue weighted by molar-refractivity contribution is 7.98. The highest BCUT2D eigenvalue weighted by atomic mass is 32.2. The zero-order valence-electron chi connectivity index (χ0n) is 23.2. The Morgan fingerprint density at radius 2 is 1.74 bits per heavy atom. The van der Waals surface area contributed by atoms with Crippen LogP contribution in [0.1, 0.15) is 52.4 Å². The van der Waals surface area contributed by atoms with Crippen LogP contribution in [0.3, 0.4) is 0 Å². The zero-order valence-corrected chi connectivity index (χ0v) is 24.8. The molecule has 1 atom stereocenters. The van der Waals surface area contributed by atoms with Crippen molar-refractivity contribution >= 4 is 38.9 Å². The van der Waals surface area contributed by atoms with Crippen LogP contribution in [0, 0.1) is 5.41 Å². The third-order valence-electron chi connectivity index (χ3n) is 7.19. The number of hydrogen-bond donors (Lipinski definition) is 0. The summed E-state index contributed by atoms with van der Waals surface area (Å²) in [6, 6.07) is 13.6. The van der Waals surface area contributed by atoms with Crippen molar-refractivity contribution in [1.29, 1.82) is 0 Å². The van der Waals surface area contributed by atoms with Gasteiger partial charge in [-0.3, -0.25) is 0 Å². The molecular weight excluding hydrogens is 522 g/mol. The van der Waals surface area contributed by atoms with Gasteiger partial charge in [-0.2, -0.15) is 0 Å². The van der Waals surface area contributed by atoms with Gasteiger partial charge in [0.15, 0.2) is 15.9 Å². The number of ether oxygens (including phenoxy) is 3. The quantitative estimate of drug-likeness (QED) is 0.208. The van der Waals surface area contributed by atoms with Crippen molar-refractivity contribution in [1.82, 2.24) is 0 Å². The van der Waals surface area contributed by atoms with Crippen LogP contribution in [0.2, 0.25) is 0 Å². The molecule has 1 aliphatic rings. The predicted octanol–water partition coefficient (Wildman–Crippen LogP) is 6.27. The van der Waals surface area contributed by atoms with Gasteiger partial charge in [0, 0.05) is 30.8 Å². The molecule has 0 aliphatic carbocycles. The van der Waals surface area contributed by atoms with Crippen molar-refractivity contribution in [2.24, 2.45) is 5.41 Å². The normalized spacial score (nSPS) is 16.8. The van der Waals surface area contributed by atoms with Gasteiger partial charge in [0.2, 0.25) is 0 Å². The first-order valence-electron chi connectivity index (χ1n) is 13.2. The van der Waals surface area contributed by atoms with E-state index in [9.17, 15) is 13.2 Å². The third-order valence-corrected chi connectivity index (χ3v) is 9.94. The number of hydrogen-bond acceptors (Lipinski definition) is 8. The van der Waals surface area contributed by atoms with Gasteiger partial charge in [0.1, 0.15) is 12.4 Å². The Morgan fingerprint density at radius 3 is 2.29 bits per heavy atom. The van der Waals surface area contributed by atoms with Crippen LogP contribution in [0.25, 0.3) is 0 Å². The van der Waals surface area contributed by atoms with E-state index in [1.807, 2.05) is 42.7 Å². The molecule has 0 fully saturated rings. The molecule has 1 unspecified atom stereocenters. The summed E-state index contributed by atoms with van der Waals surface area (Å²) < 4.78 is 44.2. The summed E-state index contributed by atoms with van der Waals surface area (Å²) in [6.07, 6.45) is 6.71. The molecule has 1 aliphatic heterocycles. The number of esters is 1. The number of fused-ring (bicyclic) bond motifs is 1. The van der Waals surface area contributed by atoms with Crippen molar-refractivity contribution in [3.8, 4) is 5.75 Å². The number of methoxy groups -OCH3 is 2. The third kappa shape index (κ3) is 7.04. The smallest absolute Gasteiger partial charge is 0.338 e. The van der Waals surface area contributed by atoms with Crippen LogP contribution >= 0.6 is 11.8 Å². The van der Waals surface area contributed by atoms with Crippen molar-refractivity contribution in [2.75, 3.05) is 44.3 Å². The first-order valence-corrected chi connectivity index (χ1v) is 16.1. The number of anilines is 2. The van der Waals surface area contributed by atoms with Crippen LogP contribution < -0.4 is 9.64 Å². The first kappa shape index (κ1) is 30.3. The minimum absolute atomic E-state index is 0.0884. The van der Waals surface area contributed by atoms with Gasteiger partial charge >= 0.3 is 5.97 Å². The number of nitrogens with zero attached hydrogens (tertiary/aromatic N) is 1. The van der Waals surface area contributed by atoms with Crippen LogP contribution in [0.4, 0.5) is 11.4 Å². The number of carbonyl (C=O) groups is 1. The van der Waals surface area contributed by atoms with E-state index in [-0.39, 0.29) is 22.7 Å². The van der Waals surface area contributed by atoms with Crippen LogP contribution in [-0.4, -0.2) is 59.9 Å². The molecule has 2 aromatic rings. The number of unbranched alkanes of at least 4 members (excludes halogenated alkanes) is 2. The number of rotatable bonds is 13. The molecule has 0 saturated heterocycles. The molecule has 0 radical (unpaired) electrons. The van der Waals surface area contributed by atoms with Crippen molar-refractivity contribution < 1.29 is 27.4 Å². The summed E-state index contributed by atoms with van der Waals surface area (Å²) >= 11 is 1.47. The monoisotopic (exact) mass is 563 g/mol. The molecule has 0 aromatic heterocycles. The fourth-order valence-corrected chi connectivity index (χ4v) is 7.77. The van der Waals surface area contributed by atoms with Gasteiger partial charge < -0.3 is 19.1 Å². The minimum atomic E-state index is -3.65. The summed E-state index contributed by atoms with van der Waals surface area (Å²) in [4.78, 5) is 15.2. The van der Waals surface area contributed by atoms with E-state index in [4.69, 9.17) is 14.2 Å². The first-order chi connectivity index (χ1) is 18.2. The minimum Gasteiger partial charge on any atom is -0.489 e. The number of sulfone groups is 1. The summed E-state index contributed by atoms with van der Waals surface area (Å²) in [5, 5.41) is 0. The Bertz CT molecular complexity index is 1160. The van der Waals surface area contributed by atoms with Gasteiger partial charge in [0.25, 0.3) is 0 Å². The van der Waals surface area contributed by atoms with Crippen LogP contribution in [0.5, 0.6) is 5.75 Å². The van der Waals surface area contributed by atoms with E-state index in [0.717, 1.165) is 49.1 Å². The average molecular weight is 564 g/mol. The highest BCUT2D eigenvalue weighted by Gasteiger charge is 2.42. The molecule has 2 aromatic carbocycles. The van der Waals surface area contributed by atoms with E-state index >= 15 is 0 Å². The standard InChI is InChI=1S/C29H41NO6S2/c1-6-8-15-29(16-9-7-2)20-30(22-13-11-10-12-14-22)23-17-26(37-5)24(18-27(23)38(32,33)21-29)36-19-25(34-3)28(31)35-4/h10-14,17-18,25H,6-9,15-16,19-21H2,1-5H3. The molecule has 0 N–H and O–H groups in total. The summed E-state index contributed by atoms with van der Waals surface area (Å²) in [6.45, 7) is 4.84. The van der Waals surface area contributed by atoms with E-state index in [1.165, 1.54) is 26.0 Å². The van der Waals surface area contributed by atoms with E-state index < -0.39 is 21.9 Å². The fraction of sp³-hybridized carbons (Fsp3) is 0.552. The second kappa shape index (κ2) is 13.7. The highest BCUT2D eigenvalue weighted by Crippen LogP contribution is 2.47. The Balaban J connectivity index is 2.16. The Kier molecular flexibility index (Phi) is 10.9. The molecule has 3 rings (SSSR count). The fourth-order valence-electron chi connectivity index (χ4n) is 5.11. The maximum absolute atomic E-state index is 14.1. The summed E-state index contributed by atoms with van der Waals surface area (Å²) in [5.74, 6) is -0.0436. The number of benzene rings is 2. The lowest BCUT2D eigenvalue weighted by Gasteiger charge is -2.37. The Hall–Kier alpha value is -2.23. The lowest BCUT2D eigenvalue weighted by molar-refractivity contribution is -0.154. The van der Waals surface area contributed by atoms with Gasteiger partial charge in [-0.15, -0.1) is 11.8 Å². The van der Waals surface area contributed by atoms with Crippen molar-refractivity contribution in [3.05, 3.63) is 42.5 Å². The topological polar surface area (TPSA) is 82.1 Å². The Morgan fingerprint density at radius 1 is 1.08 bits per heavy atom. The maximum atomic E-state index is 14.1. The molecule has 0 amide bonds. The SMILES string of the molecule is CCCCC1(CCCC)CN(c2ccccc2)c2cc(SC)c(OCC(OC)C(=O)OC)cc2S(=O)(=O)C1. The summed E-state index contributed by atoms with van der Waals surface area (Å²) in [7, 11) is -0.956. The number of carbonyl (C=O) groups excluding carboxylic acids is 1. The van der Waals surface area contributed by atoms with Gasteiger partial charge in [-0.1, -0.05) is 57.7 Å². The molecule has 38 heavy (non-hydrogen) atoms. The van der Waals surface area contributed by atoms with Crippen molar-refractivity contribution in [2.45, 2.75) is 68.3 Å². The van der Waals surface area contributed by atoms with Gasteiger partial charge in [-0.25, -0.2) is 13.2 Å². The molecule has 0 saturated carbocycles. The average Bonchev–Trinajstić information content (AvgIpc) is 3.02. The number of para-hydroxylation sites is 1. The zero-order chi connectivity index (χ0) is 27.8. The maximum Gasteiger partial charge on any atom is 0.338 e. The lowest BCUT2D eigenvalue weighted by atomic mass is 9.79.